The molecule has 0 aliphatic carbocycles. The second kappa shape index (κ2) is 13.3. The summed E-state index contributed by atoms with van der Waals surface area (Å²) < 4.78 is 26.6. The van der Waals surface area contributed by atoms with Crippen LogP contribution in [-0.4, -0.2) is 50.5 Å². The lowest BCUT2D eigenvalue weighted by Crippen LogP contribution is -2.52. The average molecular weight is 557 g/mol. The van der Waals surface area contributed by atoms with Crippen molar-refractivity contribution in [2.45, 2.75) is 59.5 Å². The summed E-state index contributed by atoms with van der Waals surface area (Å²) in [5.74, 6) is -0.800. The van der Waals surface area contributed by atoms with Crippen molar-refractivity contribution in [1.29, 1.82) is 0 Å². The van der Waals surface area contributed by atoms with E-state index in [9.17, 15) is 18.0 Å². The van der Waals surface area contributed by atoms with E-state index in [1.165, 1.54) is 4.90 Å². The van der Waals surface area contributed by atoms with Crippen LogP contribution in [0.2, 0.25) is 10.0 Å². The van der Waals surface area contributed by atoms with Crippen LogP contribution < -0.4 is 9.62 Å². The first-order chi connectivity index (χ1) is 16.9. The number of halogens is 2. The molecule has 2 amide bonds. The minimum Gasteiger partial charge on any atom is -0.354 e. The zero-order valence-electron chi connectivity index (χ0n) is 21.5. The predicted molar refractivity (Wildman–Crippen MR) is 147 cm³/mol. The van der Waals surface area contributed by atoms with Gasteiger partial charge in [0.1, 0.15) is 12.6 Å². The fourth-order valence-electron chi connectivity index (χ4n) is 3.94. The van der Waals surface area contributed by atoms with E-state index in [2.05, 4.69) is 5.32 Å². The van der Waals surface area contributed by atoms with Crippen molar-refractivity contribution in [1.82, 2.24) is 10.2 Å². The molecule has 1 atom stereocenters. The standard InChI is InChI=1S/C26H35Cl2N3O4S/c1-6-8-13-29-26(33)23(7-2)30(16-20-10-11-21(27)15-22(20)28)25(32)17-31(36(5,34)35)24-12-9-18(3)14-19(24)4/h9-12,14-15,23H,6-8,13,16-17H2,1-5H3,(H,29,33). The van der Waals surface area contributed by atoms with Crippen molar-refractivity contribution in [3.05, 3.63) is 63.1 Å². The van der Waals surface area contributed by atoms with Gasteiger partial charge in [0.2, 0.25) is 21.8 Å². The average Bonchev–Trinajstić information content (AvgIpc) is 2.78. The van der Waals surface area contributed by atoms with E-state index in [1.54, 1.807) is 37.3 Å². The van der Waals surface area contributed by atoms with Gasteiger partial charge in [-0.25, -0.2) is 8.42 Å². The second-order valence-electron chi connectivity index (χ2n) is 8.89. The van der Waals surface area contributed by atoms with Gasteiger partial charge in [-0.05, 0) is 56.0 Å². The molecule has 0 heterocycles. The quantitative estimate of drug-likeness (QED) is 0.369. The number of unbranched alkanes of at least 4 members (excludes halogenated alkanes) is 1. The number of rotatable bonds is 12. The summed E-state index contributed by atoms with van der Waals surface area (Å²) in [5, 5.41) is 3.70. The summed E-state index contributed by atoms with van der Waals surface area (Å²) in [5.41, 5.74) is 2.72. The molecule has 198 valence electrons. The lowest BCUT2D eigenvalue weighted by atomic mass is 10.1. The highest BCUT2D eigenvalue weighted by molar-refractivity contribution is 7.92. The zero-order chi connectivity index (χ0) is 27.0. The molecule has 2 aromatic rings. The maximum absolute atomic E-state index is 13.7. The normalized spacial score (nSPS) is 12.2. The lowest BCUT2D eigenvalue weighted by Gasteiger charge is -2.33. The van der Waals surface area contributed by atoms with Gasteiger partial charge in [0.25, 0.3) is 0 Å². The fourth-order valence-corrected chi connectivity index (χ4v) is 5.31. The lowest BCUT2D eigenvalue weighted by molar-refractivity contribution is -0.140. The molecule has 2 aromatic carbocycles. The Balaban J connectivity index is 2.47. The first kappa shape index (κ1) is 29.9. The zero-order valence-corrected chi connectivity index (χ0v) is 23.8. The summed E-state index contributed by atoms with van der Waals surface area (Å²) in [7, 11) is -3.80. The summed E-state index contributed by atoms with van der Waals surface area (Å²) in [6, 6.07) is 9.47. The van der Waals surface area contributed by atoms with Gasteiger partial charge in [-0.3, -0.25) is 13.9 Å². The van der Waals surface area contributed by atoms with Gasteiger partial charge in [-0.15, -0.1) is 0 Å². The van der Waals surface area contributed by atoms with Crippen LogP contribution in [-0.2, 0) is 26.2 Å². The number of benzene rings is 2. The number of amides is 2. The number of anilines is 1. The van der Waals surface area contributed by atoms with Gasteiger partial charge in [0.15, 0.2) is 0 Å². The maximum atomic E-state index is 13.7. The van der Waals surface area contributed by atoms with Gasteiger partial charge in [-0.1, -0.05) is 67.2 Å². The molecule has 0 aromatic heterocycles. The van der Waals surface area contributed by atoms with E-state index in [0.717, 1.165) is 34.5 Å². The molecule has 0 saturated carbocycles. The molecule has 36 heavy (non-hydrogen) atoms. The van der Waals surface area contributed by atoms with Crippen LogP contribution >= 0.6 is 23.2 Å². The Morgan fingerprint density at radius 2 is 1.75 bits per heavy atom. The Labute approximate surface area is 224 Å². The minimum absolute atomic E-state index is 0.0268. The van der Waals surface area contributed by atoms with Crippen molar-refractivity contribution in [3.8, 4) is 0 Å². The largest absolute Gasteiger partial charge is 0.354 e. The molecule has 0 aliphatic rings. The number of carbonyl (C=O) groups excluding carboxylic acids is 2. The van der Waals surface area contributed by atoms with E-state index < -0.39 is 28.5 Å². The molecule has 0 fully saturated rings. The molecular formula is C26H35Cl2N3O4S. The van der Waals surface area contributed by atoms with E-state index >= 15 is 0 Å². The van der Waals surface area contributed by atoms with Gasteiger partial charge in [-0.2, -0.15) is 0 Å². The van der Waals surface area contributed by atoms with E-state index in [4.69, 9.17) is 23.2 Å². The number of nitrogens with zero attached hydrogens (tertiary/aromatic N) is 2. The number of carbonyl (C=O) groups is 2. The Hall–Kier alpha value is -2.29. The van der Waals surface area contributed by atoms with Crippen molar-refractivity contribution < 1.29 is 18.0 Å². The van der Waals surface area contributed by atoms with Crippen LogP contribution in [0.1, 0.15) is 49.8 Å². The molecule has 1 N–H and O–H groups in total. The highest BCUT2D eigenvalue weighted by Gasteiger charge is 2.32. The topological polar surface area (TPSA) is 86.8 Å². The van der Waals surface area contributed by atoms with Crippen LogP contribution in [0.4, 0.5) is 5.69 Å². The van der Waals surface area contributed by atoms with E-state index in [1.807, 2.05) is 26.8 Å². The number of nitrogens with one attached hydrogen (secondary N) is 1. The smallest absolute Gasteiger partial charge is 0.244 e. The highest BCUT2D eigenvalue weighted by atomic mass is 35.5. The van der Waals surface area contributed by atoms with Crippen molar-refractivity contribution in [3.63, 3.8) is 0 Å². The number of sulfonamides is 1. The highest BCUT2D eigenvalue weighted by Crippen LogP contribution is 2.26. The Kier molecular flexibility index (Phi) is 11.1. The Morgan fingerprint density at radius 3 is 2.31 bits per heavy atom. The van der Waals surface area contributed by atoms with Crippen molar-refractivity contribution >= 4 is 50.7 Å². The van der Waals surface area contributed by atoms with Gasteiger partial charge in [0, 0.05) is 23.1 Å². The number of aryl methyl sites for hydroxylation is 2. The second-order valence-corrected chi connectivity index (χ2v) is 11.6. The molecule has 0 bridgehead atoms. The SMILES string of the molecule is CCCCNC(=O)C(CC)N(Cc1ccc(Cl)cc1Cl)C(=O)CN(c1ccc(C)cc1C)S(C)(=O)=O. The Bertz CT molecular complexity index is 1190. The van der Waals surface area contributed by atoms with Crippen LogP contribution in [0.3, 0.4) is 0 Å². The maximum Gasteiger partial charge on any atom is 0.244 e. The van der Waals surface area contributed by atoms with Crippen molar-refractivity contribution in [2.24, 2.45) is 0 Å². The van der Waals surface area contributed by atoms with Crippen LogP contribution in [0.5, 0.6) is 0 Å². The van der Waals surface area contributed by atoms with Gasteiger partial charge in [0.05, 0.1) is 11.9 Å². The first-order valence-electron chi connectivity index (χ1n) is 11.9. The van der Waals surface area contributed by atoms with E-state index in [-0.39, 0.29) is 12.5 Å². The molecule has 0 radical (unpaired) electrons. The Morgan fingerprint density at radius 1 is 1.06 bits per heavy atom. The first-order valence-corrected chi connectivity index (χ1v) is 14.6. The van der Waals surface area contributed by atoms with Gasteiger partial charge >= 0.3 is 0 Å². The third-order valence-electron chi connectivity index (χ3n) is 5.87. The van der Waals surface area contributed by atoms with Crippen molar-refractivity contribution in [2.75, 3.05) is 23.7 Å². The van der Waals surface area contributed by atoms with Crippen LogP contribution in [0, 0.1) is 13.8 Å². The molecule has 2 rings (SSSR count). The summed E-state index contributed by atoms with van der Waals surface area (Å²) in [6.07, 6.45) is 3.14. The number of hydrogen-bond donors (Lipinski definition) is 1. The third-order valence-corrected chi connectivity index (χ3v) is 7.58. The third kappa shape index (κ3) is 8.11. The predicted octanol–water partition coefficient (Wildman–Crippen LogP) is 5.10. The van der Waals surface area contributed by atoms with Crippen LogP contribution in [0.15, 0.2) is 36.4 Å². The molecule has 1 unspecified atom stereocenters. The summed E-state index contributed by atoms with van der Waals surface area (Å²) in [4.78, 5) is 28.2. The van der Waals surface area contributed by atoms with Crippen LogP contribution in [0.25, 0.3) is 0 Å². The van der Waals surface area contributed by atoms with Gasteiger partial charge < -0.3 is 10.2 Å². The molecular weight excluding hydrogens is 521 g/mol. The minimum atomic E-state index is -3.80. The fraction of sp³-hybridized carbons (Fsp3) is 0.462. The molecule has 0 aliphatic heterocycles. The summed E-state index contributed by atoms with van der Waals surface area (Å²) in [6.45, 7) is 7.61. The molecule has 10 heteroatoms. The van der Waals surface area contributed by atoms with E-state index in [0.29, 0.717) is 34.3 Å². The monoisotopic (exact) mass is 555 g/mol. The molecule has 0 saturated heterocycles. The summed E-state index contributed by atoms with van der Waals surface area (Å²) >= 11 is 12.4. The number of hydrogen-bond acceptors (Lipinski definition) is 4. The molecule has 0 spiro atoms. The molecule has 7 nitrogen and oxygen atoms in total.